The summed E-state index contributed by atoms with van der Waals surface area (Å²) < 4.78 is 6.09. The molecule has 0 unspecified atom stereocenters. The normalized spacial score (nSPS) is 18.2. The molecule has 1 aliphatic carbocycles. The van der Waals surface area contributed by atoms with E-state index in [2.05, 4.69) is 10.6 Å². The third-order valence-electron chi connectivity index (χ3n) is 4.96. The van der Waals surface area contributed by atoms with Gasteiger partial charge in [0.2, 0.25) is 0 Å². The minimum atomic E-state index is -0.451. The molecule has 0 radical (unpaired) electrons. The van der Waals surface area contributed by atoms with Crippen molar-refractivity contribution >= 4 is 23.3 Å². The van der Waals surface area contributed by atoms with Gasteiger partial charge in [-0.2, -0.15) is 0 Å². The van der Waals surface area contributed by atoms with Gasteiger partial charge in [-0.25, -0.2) is 4.79 Å². The van der Waals surface area contributed by atoms with E-state index in [1.54, 1.807) is 30.3 Å². The number of phenolic OH excluding ortho intramolecular Hbond substituents is 1. The molecule has 0 atom stereocenters. The van der Waals surface area contributed by atoms with Crippen LogP contribution in [-0.2, 0) is 5.54 Å². The monoisotopic (exact) mass is 358 g/mol. The zero-order chi connectivity index (χ0) is 17.4. The van der Waals surface area contributed by atoms with Crippen LogP contribution in [-0.4, -0.2) is 11.1 Å². The number of fused-ring (bicyclic) bond motifs is 2. The van der Waals surface area contributed by atoms with E-state index in [9.17, 15) is 9.90 Å². The van der Waals surface area contributed by atoms with Crippen molar-refractivity contribution in [1.29, 1.82) is 0 Å². The lowest BCUT2D eigenvalue weighted by Gasteiger charge is -2.43. The minimum Gasteiger partial charge on any atom is -0.508 e. The Labute approximate surface area is 151 Å². The summed E-state index contributed by atoms with van der Waals surface area (Å²) >= 11 is 6.37. The molecule has 1 spiro atoms. The highest BCUT2D eigenvalue weighted by atomic mass is 35.5. The number of phenols is 1. The Morgan fingerprint density at radius 2 is 1.76 bits per heavy atom. The molecule has 1 saturated carbocycles. The number of halogens is 1. The van der Waals surface area contributed by atoms with Crippen molar-refractivity contribution in [1.82, 2.24) is 5.32 Å². The van der Waals surface area contributed by atoms with Gasteiger partial charge in [-0.05, 0) is 49.2 Å². The molecular formula is C19H19ClN2O3. The van der Waals surface area contributed by atoms with Gasteiger partial charge in [0.05, 0.1) is 16.2 Å². The number of hydrogen-bond acceptors (Lipinski definition) is 3. The highest BCUT2D eigenvalue weighted by Gasteiger charge is 2.43. The van der Waals surface area contributed by atoms with Crippen molar-refractivity contribution in [3.05, 3.63) is 47.0 Å². The molecule has 0 bridgehead atoms. The van der Waals surface area contributed by atoms with E-state index in [1.165, 1.54) is 0 Å². The standard InChI is InChI=1S/C19H19ClN2O3/c20-14-8-9-15(25-13-6-4-12(23)5-7-13)16-17(14)21-18(24)22-19(16)10-2-1-3-11-19/h4-9,23H,1-3,10-11H2,(H2,21,22,24). The number of ether oxygens (including phenoxy) is 1. The Kier molecular flexibility index (Phi) is 3.96. The lowest BCUT2D eigenvalue weighted by molar-refractivity contribution is 0.206. The van der Waals surface area contributed by atoms with Gasteiger partial charge in [-0.1, -0.05) is 30.9 Å². The molecule has 1 fully saturated rings. The average Bonchev–Trinajstić information content (AvgIpc) is 2.60. The summed E-state index contributed by atoms with van der Waals surface area (Å²) in [7, 11) is 0. The van der Waals surface area contributed by atoms with Crippen molar-refractivity contribution in [3.63, 3.8) is 0 Å². The SMILES string of the molecule is O=C1Nc2c(Cl)ccc(Oc3ccc(O)cc3)c2C2(CCCCC2)N1. The number of nitrogens with one attached hydrogen (secondary N) is 2. The van der Waals surface area contributed by atoms with E-state index in [0.29, 0.717) is 22.2 Å². The van der Waals surface area contributed by atoms with E-state index in [0.717, 1.165) is 37.7 Å². The molecule has 0 aromatic heterocycles. The van der Waals surface area contributed by atoms with E-state index < -0.39 is 5.54 Å². The summed E-state index contributed by atoms with van der Waals surface area (Å²) in [6.07, 6.45) is 4.98. The van der Waals surface area contributed by atoms with E-state index in [4.69, 9.17) is 16.3 Å². The molecule has 5 nitrogen and oxygen atoms in total. The number of benzene rings is 2. The molecule has 2 amide bonds. The van der Waals surface area contributed by atoms with Crippen LogP contribution in [0.15, 0.2) is 36.4 Å². The van der Waals surface area contributed by atoms with Crippen molar-refractivity contribution in [2.24, 2.45) is 0 Å². The molecule has 3 N–H and O–H groups in total. The fourth-order valence-corrected chi connectivity index (χ4v) is 4.04. The number of hydrogen-bond donors (Lipinski definition) is 3. The fourth-order valence-electron chi connectivity index (χ4n) is 3.84. The first-order chi connectivity index (χ1) is 12.1. The number of anilines is 1. The smallest absolute Gasteiger partial charge is 0.319 e. The summed E-state index contributed by atoms with van der Waals surface area (Å²) in [5, 5.41) is 15.9. The van der Waals surface area contributed by atoms with Crippen LogP contribution in [0.3, 0.4) is 0 Å². The summed E-state index contributed by atoms with van der Waals surface area (Å²) in [5.74, 6) is 1.47. The molecular weight excluding hydrogens is 340 g/mol. The number of carbonyl (C=O) groups excluding carboxylic acids is 1. The first-order valence-corrected chi connectivity index (χ1v) is 8.84. The fraction of sp³-hybridized carbons (Fsp3) is 0.316. The molecule has 1 aliphatic heterocycles. The van der Waals surface area contributed by atoms with Gasteiger partial charge in [-0.3, -0.25) is 0 Å². The minimum absolute atomic E-state index is 0.183. The van der Waals surface area contributed by atoms with Crippen LogP contribution >= 0.6 is 11.6 Å². The highest BCUT2D eigenvalue weighted by molar-refractivity contribution is 6.34. The first kappa shape index (κ1) is 16.1. The zero-order valence-corrected chi connectivity index (χ0v) is 14.4. The summed E-state index contributed by atoms with van der Waals surface area (Å²) in [6, 6.07) is 9.92. The molecule has 0 saturated heterocycles. The van der Waals surface area contributed by atoms with Crippen molar-refractivity contribution in [2.75, 3.05) is 5.32 Å². The van der Waals surface area contributed by atoms with E-state index in [1.807, 2.05) is 6.07 Å². The Morgan fingerprint density at radius 1 is 1.04 bits per heavy atom. The molecule has 2 aliphatic rings. The summed E-state index contributed by atoms with van der Waals surface area (Å²) in [5.41, 5.74) is 1.09. The van der Waals surface area contributed by atoms with Crippen molar-refractivity contribution in [2.45, 2.75) is 37.6 Å². The molecule has 6 heteroatoms. The van der Waals surface area contributed by atoms with Gasteiger partial charge in [0.25, 0.3) is 0 Å². The van der Waals surface area contributed by atoms with Crippen LogP contribution in [0, 0.1) is 0 Å². The largest absolute Gasteiger partial charge is 0.508 e. The Balaban J connectivity index is 1.82. The van der Waals surface area contributed by atoms with Gasteiger partial charge in [0.15, 0.2) is 0 Å². The van der Waals surface area contributed by atoms with Gasteiger partial charge in [0, 0.05) is 5.56 Å². The van der Waals surface area contributed by atoms with Gasteiger partial charge < -0.3 is 20.5 Å². The zero-order valence-electron chi connectivity index (χ0n) is 13.6. The van der Waals surface area contributed by atoms with E-state index >= 15 is 0 Å². The lowest BCUT2D eigenvalue weighted by atomic mass is 9.74. The average molecular weight is 359 g/mol. The third-order valence-corrected chi connectivity index (χ3v) is 5.27. The van der Waals surface area contributed by atoms with Crippen LogP contribution in [0.4, 0.5) is 10.5 Å². The second-order valence-corrected chi connectivity index (χ2v) is 7.02. The van der Waals surface area contributed by atoms with Gasteiger partial charge in [0.1, 0.15) is 17.2 Å². The molecule has 1 heterocycles. The maximum atomic E-state index is 12.2. The highest BCUT2D eigenvalue weighted by Crippen LogP contribution is 2.49. The van der Waals surface area contributed by atoms with E-state index in [-0.39, 0.29) is 11.8 Å². The van der Waals surface area contributed by atoms with Crippen LogP contribution in [0.25, 0.3) is 0 Å². The Morgan fingerprint density at radius 3 is 2.48 bits per heavy atom. The molecule has 130 valence electrons. The van der Waals surface area contributed by atoms with Gasteiger partial charge >= 0.3 is 6.03 Å². The number of urea groups is 1. The maximum absolute atomic E-state index is 12.2. The molecule has 4 rings (SSSR count). The Bertz CT molecular complexity index is 814. The third kappa shape index (κ3) is 2.89. The van der Waals surface area contributed by atoms with Crippen LogP contribution in [0.1, 0.15) is 37.7 Å². The second-order valence-electron chi connectivity index (χ2n) is 6.61. The maximum Gasteiger partial charge on any atom is 0.319 e. The number of aromatic hydroxyl groups is 1. The quantitative estimate of drug-likeness (QED) is 0.696. The molecule has 25 heavy (non-hydrogen) atoms. The number of carbonyl (C=O) groups is 1. The van der Waals surface area contributed by atoms with Crippen LogP contribution in [0.5, 0.6) is 17.2 Å². The van der Waals surface area contributed by atoms with Crippen molar-refractivity contribution < 1.29 is 14.6 Å². The number of rotatable bonds is 2. The molecule has 2 aromatic rings. The first-order valence-electron chi connectivity index (χ1n) is 8.46. The van der Waals surface area contributed by atoms with Gasteiger partial charge in [-0.15, -0.1) is 0 Å². The van der Waals surface area contributed by atoms with Crippen molar-refractivity contribution in [3.8, 4) is 17.2 Å². The number of amides is 2. The predicted octanol–water partition coefficient (Wildman–Crippen LogP) is 5.13. The van der Waals surface area contributed by atoms with Crippen LogP contribution < -0.4 is 15.4 Å². The lowest BCUT2D eigenvalue weighted by Crippen LogP contribution is -2.52. The molecule has 2 aromatic carbocycles. The summed E-state index contributed by atoms with van der Waals surface area (Å²) in [6.45, 7) is 0. The Hall–Kier alpha value is -2.40. The summed E-state index contributed by atoms with van der Waals surface area (Å²) in [4.78, 5) is 12.2. The topological polar surface area (TPSA) is 70.6 Å². The second kappa shape index (κ2) is 6.15. The predicted molar refractivity (Wildman–Crippen MR) is 96.6 cm³/mol. The van der Waals surface area contributed by atoms with Crippen LogP contribution in [0.2, 0.25) is 5.02 Å².